The minimum absolute atomic E-state index is 0.0970. The van der Waals surface area contributed by atoms with E-state index in [0.717, 1.165) is 22.3 Å². The van der Waals surface area contributed by atoms with Gasteiger partial charge in [0.15, 0.2) is 0 Å². The van der Waals surface area contributed by atoms with Crippen LogP contribution < -0.4 is 10.6 Å². The first kappa shape index (κ1) is 24.4. The first-order valence-corrected chi connectivity index (χ1v) is 12.0. The van der Waals surface area contributed by atoms with Crippen molar-refractivity contribution in [1.29, 1.82) is 0 Å². The van der Waals surface area contributed by atoms with Gasteiger partial charge < -0.3 is 25.2 Å². The molecule has 1 aliphatic rings. The SMILES string of the molecule is COC[C@H](NC(=O)OCC1c2ccccc2-c2ccccc21)C(=O)NC(CC(=O)O)c1cccs1. The van der Waals surface area contributed by atoms with Gasteiger partial charge >= 0.3 is 12.1 Å². The topological polar surface area (TPSA) is 114 Å². The average molecular weight is 495 g/mol. The number of hydrogen-bond donors (Lipinski definition) is 3. The van der Waals surface area contributed by atoms with E-state index in [1.54, 1.807) is 17.5 Å². The maximum Gasteiger partial charge on any atom is 0.407 e. The standard InChI is InChI=1S/C26H26N2O6S/c1-33-15-22(25(31)27-21(13-24(29)30)23-11-6-12-35-23)28-26(32)34-14-20-18-9-4-2-7-16(18)17-8-3-5-10-19(17)20/h2-12,20-22H,13-15H2,1H3,(H,27,31)(H,28,32)(H,29,30)/t21?,22-/m0/s1. The van der Waals surface area contributed by atoms with Crippen molar-refractivity contribution in [3.05, 3.63) is 82.0 Å². The van der Waals surface area contributed by atoms with Gasteiger partial charge in [0.2, 0.25) is 5.91 Å². The van der Waals surface area contributed by atoms with E-state index in [9.17, 15) is 19.5 Å². The third-order valence-corrected chi connectivity index (χ3v) is 6.85. The lowest BCUT2D eigenvalue weighted by Crippen LogP contribution is -2.50. The monoisotopic (exact) mass is 494 g/mol. The molecule has 35 heavy (non-hydrogen) atoms. The minimum atomic E-state index is -1.05. The van der Waals surface area contributed by atoms with Crippen LogP contribution in [0.25, 0.3) is 11.1 Å². The number of thiophene rings is 1. The van der Waals surface area contributed by atoms with Gasteiger partial charge in [0.25, 0.3) is 0 Å². The number of rotatable bonds is 10. The number of carboxylic acid groups (broad SMARTS) is 1. The molecule has 9 heteroatoms. The largest absolute Gasteiger partial charge is 0.481 e. The fourth-order valence-corrected chi connectivity index (χ4v) is 5.07. The Kier molecular flexibility index (Phi) is 7.79. The van der Waals surface area contributed by atoms with Crippen LogP contribution in [0.15, 0.2) is 66.0 Å². The number of benzene rings is 2. The van der Waals surface area contributed by atoms with E-state index in [1.807, 2.05) is 48.5 Å². The van der Waals surface area contributed by atoms with Crippen LogP contribution in [0.3, 0.4) is 0 Å². The molecule has 2 aromatic carbocycles. The van der Waals surface area contributed by atoms with Crippen molar-refractivity contribution in [1.82, 2.24) is 10.6 Å². The zero-order chi connectivity index (χ0) is 24.8. The molecule has 0 saturated heterocycles. The van der Waals surface area contributed by atoms with Gasteiger partial charge in [-0.15, -0.1) is 11.3 Å². The Morgan fingerprint density at radius 1 is 0.971 bits per heavy atom. The summed E-state index contributed by atoms with van der Waals surface area (Å²) in [6.45, 7) is 0.0122. The van der Waals surface area contributed by atoms with E-state index < -0.39 is 30.1 Å². The van der Waals surface area contributed by atoms with Crippen LogP contribution >= 0.6 is 11.3 Å². The summed E-state index contributed by atoms with van der Waals surface area (Å²) >= 11 is 1.34. The van der Waals surface area contributed by atoms with Gasteiger partial charge in [-0.05, 0) is 33.7 Å². The summed E-state index contributed by atoms with van der Waals surface area (Å²) in [4.78, 5) is 37.5. The minimum Gasteiger partial charge on any atom is -0.481 e. The molecule has 1 unspecified atom stereocenters. The molecule has 0 bridgehead atoms. The zero-order valence-electron chi connectivity index (χ0n) is 19.1. The van der Waals surface area contributed by atoms with Gasteiger partial charge in [0.05, 0.1) is 19.1 Å². The first-order chi connectivity index (χ1) is 17.0. The second kappa shape index (κ2) is 11.2. The number of carboxylic acids is 1. The quantitative estimate of drug-likeness (QED) is 0.394. The maximum atomic E-state index is 12.9. The van der Waals surface area contributed by atoms with Gasteiger partial charge in [-0.1, -0.05) is 54.6 Å². The molecule has 3 aromatic rings. The molecule has 4 rings (SSSR count). The van der Waals surface area contributed by atoms with Crippen LogP contribution in [-0.2, 0) is 19.1 Å². The fraction of sp³-hybridized carbons (Fsp3) is 0.269. The van der Waals surface area contributed by atoms with Crippen molar-refractivity contribution in [2.24, 2.45) is 0 Å². The number of amides is 2. The van der Waals surface area contributed by atoms with Crippen molar-refractivity contribution in [3.63, 3.8) is 0 Å². The second-order valence-corrected chi connectivity index (χ2v) is 9.13. The molecule has 0 spiro atoms. The molecule has 0 radical (unpaired) electrons. The Morgan fingerprint density at radius 3 is 2.20 bits per heavy atom. The number of methoxy groups -OCH3 is 1. The highest BCUT2D eigenvalue weighted by molar-refractivity contribution is 7.10. The van der Waals surface area contributed by atoms with Gasteiger partial charge in [0, 0.05) is 17.9 Å². The highest BCUT2D eigenvalue weighted by Gasteiger charge is 2.30. The van der Waals surface area contributed by atoms with Gasteiger partial charge in [-0.2, -0.15) is 0 Å². The summed E-state index contributed by atoms with van der Waals surface area (Å²) in [6.07, 6.45) is -1.04. The van der Waals surface area contributed by atoms with Crippen molar-refractivity contribution < 1.29 is 29.0 Å². The molecule has 0 fully saturated rings. The number of ether oxygens (including phenoxy) is 2. The second-order valence-electron chi connectivity index (χ2n) is 8.15. The molecular weight excluding hydrogens is 468 g/mol. The van der Waals surface area contributed by atoms with Crippen LogP contribution in [0.2, 0.25) is 0 Å². The molecule has 3 N–H and O–H groups in total. The summed E-state index contributed by atoms with van der Waals surface area (Å²) in [5.74, 6) is -1.71. The predicted octanol–water partition coefficient (Wildman–Crippen LogP) is 3.93. The van der Waals surface area contributed by atoms with Crippen LogP contribution in [0.5, 0.6) is 0 Å². The molecule has 8 nitrogen and oxygen atoms in total. The summed E-state index contributed by atoms with van der Waals surface area (Å²) in [6, 6.07) is 17.8. The van der Waals surface area contributed by atoms with Crippen molar-refractivity contribution in [3.8, 4) is 11.1 Å². The molecular formula is C26H26N2O6S. The Labute approximate surface area is 206 Å². The molecule has 182 valence electrons. The third-order valence-electron chi connectivity index (χ3n) is 5.87. The van der Waals surface area contributed by atoms with Crippen LogP contribution in [0.1, 0.15) is 34.4 Å². The Bertz CT molecular complexity index is 1150. The molecule has 1 heterocycles. The maximum absolute atomic E-state index is 12.9. The Hall–Kier alpha value is -3.69. The summed E-state index contributed by atoms with van der Waals surface area (Å²) in [5.41, 5.74) is 4.40. The molecule has 2 atom stereocenters. The summed E-state index contributed by atoms with van der Waals surface area (Å²) in [7, 11) is 1.41. The number of aliphatic carboxylic acids is 1. The summed E-state index contributed by atoms with van der Waals surface area (Å²) < 4.78 is 10.6. The lowest BCUT2D eigenvalue weighted by atomic mass is 9.98. The lowest BCUT2D eigenvalue weighted by molar-refractivity contribution is -0.137. The smallest absolute Gasteiger partial charge is 0.407 e. The van der Waals surface area contributed by atoms with Gasteiger partial charge in [0.1, 0.15) is 12.6 Å². The zero-order valence-corrected chi connectivity index (χ0v) is 19.9. The van der Waals surface area contributed by atoms with Gasteiger partial charge in [-0.3, -0.25) is 9.59 Å². The van der Waals surface area contributed by atoms with Crippen molar-refractivity contribution in [2.75, 3.05) is 20.3 Å². The Balaban J connectivity index is 1.40. The Morgan fingerprint density at radius 2 is 1.63 bits per heavy atom. The number of hydrogen-bond acceptors (Lipinski definition) is 6. The normalized spacial score (nSPS) is 13.9. The number of fused-ring (bicyclic) bond motifs is 3. The van der Waals surface area contributed by atoms with Crippen molar-refractivity contribution >= 4 is 29.3 Å². The van der Waals surface area contributed by atoms with E-state index in [4.69, 9.17) is 9.47 Å². The lowest BCUT2D eigenvalue weighted by Gasteiger charge is -2.22. The van der Waals surface area contributed by atoms with Crippen LogP contribution in [-0.4, -0.2) is 49.4 Å². The highest BCUT2D eigenvalue weighted by Crippen LogP contribution is 2.44. The molecule has 0 aliphatic heterocycles. The molecule has 1 aromatic heterocycles. The average Bonchev–Trinajstić information content (AvgIpc) is 3.49. The van der Waals surface area contributed by atoms with E-state index in [0.29, 0.717) is 4.88 Å². The summed E-state index contributed by atoms with van der Waals surface area (Å²) in [5, 5.41) is 16.3. The van der Waals surface area contributed by atoms with Crippen LogP contribution in [0, 0.1) is 0 Å². The highest BCUT2D eigenvalue weighted by atomic mass is 32.1. The fourth-order valence-electron chi connectivity index (χ4n) is 4.29. The van der Waals surface area contributed by atoms with E-state index in [2.05, 4.69) is 10.6 Å². The van der Waals surface area contributed by atoms with E-state index >= 15 is 0 Å². The van der Waals surface area contributed by atoms with Crippen LogP contribution in [0.4, 0.5) is 4.79 Å². The third kappa shape index (κ3) is 5.70. The molecule has 0 saturated carbocycles. The first-order valence-electron chi connectivity index (χ1n) is 11.1. The number of alkyl carbamates (subject to hydrolysis) is 1. The predicted molar refractivity (Wildman–Crippen MR) is 131 cm³/mol. The molecule has 1 aliphatic carbocycles. The number of carbonyl (C=O) groups is 3. The van der Waals surface area contributed by atoms with E-state index in [-0.39, 0.29) is 25.6 Å². The molecule has 2 amide bonds. The number of nitrogens with one attached hydrogen (secondary N) is 2. The number of carbonyl (C=O) groups excluding carboxylic acids is 2. The van der Waals surface area contributed by atoms with Crippen molar-refractivity contribution in [2.45, 2.75) is 24.4 Å². The van der Waals surface area contributed by atoms with E-state index in [1.165, 1.54) is 18.4 Å². The van der Waals surface area contributed by atoms with Gasteiger partial charge in [-0.25, -0.2) is 4.79 Å².